The van der Waals surface area contributed by atoms with Crippen molar-refractivity contribution in [3.8, 4) is 5.88 Å². The molecule has 106 valence electrons. The molecule has 5 nitrogen and oxygen atoms in total. The second-order valence-electron chi connectivity index (χ2n) is 4.64. The SMILES string of the molecule is COc1cc(N(C)Cc2ccccc2CN)nc(C)n1. The largest absolute Gasteiger partial charge is 0.481 e. The van der Waals surface area contributed by atoms with E-state index >= 15 is 0 Å². The summed E-state index contributed by atoms with van der Waals surface area (Å²) in [5.41, 5.74) is 8.12. The van der Waals surface area contributed by atoms with Crippen LogP contribution in [0.1, 0.15) is 17.0 Å². The summed E-state index contributed by atoms with van der Waals surface area (Å²) < 4.78 is 5.18. The zero-order valence-corrected chi connectivity index (χ0v) is 12.1. The highest BCUT2D eigenvalue weighted by Gasteiger charge is 2.09. The van der Waals surface area contributed by atoms with Crippen LogP contribution in [0.4, 0.5) is 5.82 Å². The number of aryl methyl sites for hydroxylation is 1. The highest BCUT2D eigenvalue weighted by atomic mass is 16.5. The van der Waals surface area contributed by atoms with Gasteiger partial charge >= 0.3 is 0 Å². The first-order chi connectivity index (χ1) is 9.63. The molecule has 1 aromatic heterocycles. The summed E-state index contributed by atoms with van der Waals surface area (Å²) in [6.45, 7) is 3.14. The molecular weight excluding hydrogens is 252 g/mol. The summed E-state index contributed by atoms with van der Waals surface area (Å²) in [6, 6.07) is 9.99. The smallest absolute Gasteiger partial charge is 0.218 e. The molecule has 0 amide bonds. The van der Waals surface area contributed by atoms with Crippen LogP contribution in [-0.4, -0.2) is 24.1 Å². The molecule has 0 saturated carbocycles. The summed E-state index contributed by atoms with van der Waals surface area (Å²) in [5.74, 6) is 2.10. The summed E-state index contributed by atoms with van der Waals surface area (Å²) >= 11 is 0. The predicted molar refractivity (Wildman–Crippen MR) is 79.8 cm³/mol. The standard InChI is InChI=1S/C15H20N4O/c1-11-17-14(8-15(18-11)20-3)19(2)10-13-7-5-4-6-12(13)9-16/h4-8H,9-10,16H2,1-3H3. The molecule has 2 N–H and O–H groups in total. The fraction of sp³-hybridized carbons (Fsp3) is 0.333. The molecule has 0 atom stereocenters. The lowest BCUT2D eigenvalue weighted by molar-refractivity contribution is 0.395. The van der Waals surface area contributed by atoms with Gasteiger partial charge in [-0.1, -0.05) is 24.3 Å². The zero-order valence-electron chi connectivity index (χ0n) is 12.1. The van der Waals surface area contributed by atoms with E-state index in [4.69, 9.17) is 10.5 Å². The molecule has 1 aromatic carbocycles. The normalized spacial score (nSPS) is 10.4. The van der Waals surface area contributed by atoms with Crippen molar-refractivity contribution in [2.24, 2.45) is 5.73 Å². The van der Waals surface area contributed by atoms with Crippen LogP contribution in [0.15, 0.2) is 30.3 Å². The Hall–Kier alpha value is -2.14. The molecular formula is C15H20N4O. The Morgan fingerprint density at radius 2 is 1.90 bits per heavy atom. The second kappa shape index (κ2) is 6.34. The van der Waals surface area contributed by atoms with E-state index in [1.807, 2.05) is 32.2 Å². The highest BCUT2D eigenvalue weighted by molar-refractivity contribution is 5.42. The molecule has 2 rings (SSSR count). The minimum absolute atomic E-state index is 0.538. The van der Waals surface area contributed by atoms with Crippen molar-refractivity contribution >= 4 is 5.82 Å². The molecule has 0 fully saturated rings. The predicted octanol–water partition coefficient (Wildman–Crippen LogP) is 1.89. The third-order valence-electron chi connectivity index (χ3n) is 3.15. The lowest BCUT2D eigenvalue weighted by Crippen LogP contribution is -2.20. The van der Waals surface area contributed by atoms with E-state index in [9.17, 15) is 0 Å². The summed E-state index contributed by atoms with van der Waals surface area (Å²) in [6.07, 6.45) is 0. The maximum absolute atomic E-state index is 5.77. The van der Waals surface area contributed by atoms with Gasteiger partial charge in [-0.3, -0.25) is 0 Å². The van der Waals surface area contributed by atoms with E-state index in [0.717, 1.165) is 17.9 Å². The van der Waals surface area contributed by atoms with Gasteiger partial charge in [0.05, 0.1) is 7.11 Å². The minimum Gasteiger partial charge on any atom is -0.481 e. The Balaban J connectivity index is 2.23. The molecule has 20 heavy (non-hydrogen) atoms. The Labute approximate surface area is 119 Å². The quantitative estimate of drug-likeness (QED) is 0.900. The van der Waals surface area contributed by atoms with Crippen LogP contribution in [0.5, 0.6) is 5.88 Å². The summed E-state index contributed by atoms with van der Waals surface area (Å²) in [5, 5.41) is 0. The van der Waals surface area contributed by atoms with Gasteiger partial charge in [0.15, 0.2) is 0 Å². The van der Waals surface area contributed by atoms with Crippen LogP contribution in [0.2, 0.25) is 0 Å². The topological polar surface area (TPSA) is 64.3 Å². The van der Waals surface area contributed by atoms with Gasteiger partial charge in [0.25, 0.3) is 0 Å². The van der Waals surface area contributed by atoms with E-state index in [1.54, 1.807) is 7.11 Å². The Morgan fingerprint density at radius 1 is 1.20 bits per heavy atom. The van der Waals surface area contributed by atoms with Crippen LogP contribution in [0.25, 0.3) is 0 Å². The van der Waals surface area contributed by atoms with Gasteiger partial charge in [0.2, 0.25) is 5.88 Å². The first kappa shape index (κ1) is 14.3. The molecule has 0 aliphatic rings. The number of methoxy groups -OCH3 is 1. The third-order valence-corrected chi connectivity index (χ3v) is 3.15. The number of rotatable bonds is 5. The molecule has 2 aromatic rings. The first-order valence-electron chi connectivity index (χ1n) is 6.51. The lowest BCUT2D eigenvalue weighted by Gasteiger charge is -2.20. The fourth-order valence-corrected chi connectivity index (χ4v) is 2.07. The van der Waals surface area contributed by atoms with Crippen molar-refractivity contribution in [1.29, 1.82) is 0 Å². The summed E-state index contributed by atoms with van der Waals surface area (Å²) in [7, 11) is 3.60. The molecule has 5 heteroatoms. The Bertz CT molecular complexity index is 586. The van der Waals surface area contributed by atoms with Crippen LogP contribution in [-0.2, 0) is 13.1 Å². The molecule has 0 spiro atoms. The second-order valence-corrected chi connectivity index (χ2v) is 4.64. The van der Waals surface area contributed by atoms with E-state index in [2.05, 4.69) is 27.0 Å². The number of ether oxygens (including phenoxy) is 1. The van der Waals surface area contributed by atoms with Gasteiger partial charge in [-0.15, -0.1) is 0 Å². The Morgan fingerprint density at radius 3 is 2.55 bits per heavy atom. The first-order valence-corrected chi connectivity index (χ1v) is 6.51. The fourth-order valence-electron chi connectivity index (χ4n) is 2.07. The number of hydrogen-bond donors (Lipinski definition) is 1. The van der Waals surface area contributed by atoms with Crippen LogP contribution >= 0.6 is 0 Å². The molecule has 0 aliphatic heterocycles. The lowest BCUT2D eigenvalue weighted by atomic mass is 10.1. The molecule has 1 heterocycles. The summed E-state index contributed by atoms with van der Waals surface area (Å²) in [4.78, 5) is 10.7. The molecule has 0 unspecified atom stereocenters. The van der Waals surface area contributed by atoms with Gasteiger partial charge in [0.1, 0.15) is 11.6 Å². The average Bonchev–Trinajstić information content (AvgIpc) is 2.47. The number of anilines is 1. The van der Waals surface area contributed by atoms with Crippen molar-refractivity contribution in [3.05, 3.63) is 47.3 Å². The van der Waals surface area contributed by atoms with E-state index in [-0.39, 0.29) is 0 Å². The number of nitrogens with two attached hydrogens (primary N) is 1. The molecule has 0 saturated heterocycles. The van der Waals surface area contributed by atoms with Crippen LogP contribution < -0.4 is 15.4 Å². The highest BCUT2D eigenvalue weighted by Crippen LogP contribution is 2.19. The van der Waals surface area contributed by atoms with Crippen molar-refractivity contribution < 1.29 is 4.74 Å². The van der Waals surface area contributed by atoms with Crippen molar-refractivity contribution in [2.75, 3.05) is 19.1 Å². The number of nitrogens with zero attached hydrogens (tertiary/aromatic N) is 3. The van der Waals surface area contributed by atoms with Crippen molar-refractivity contribution in [2.45, 2.75) is 20.0 Å². The molecule has 0 radical (unpaired) electrons. The van der Waals surface area contributed by atoms with Gasteiger partial charge in [-0.2, -0.15) is 4.98 Å². The van der Waals surface area contributed by atoms with E-state index < -0.39 is 0 Å². The van der Waals surface area contributed by atoms with Crippen LogP contribution in [0.3, 0.4) is 0 Å². The number of benzene rings is 1. The Kier molecular flexibility index (Phi) is 4.53. The van der Waals surface area contributed by atoms with E-state index in [0.29, 0.717) is 18.2 Å². The minimum atomic E-state index is 0.538. The van der Waals surface area contributed by atoms with Crippen molar-refractivity contribution in [3.63, 3.8) is 0 Å². The zero-order chi connectivity index (χ0) is 14.5. The molecule has 0 aliphatic carbocycles. The maximum atomic E-state index is 5.77. The van der Waals surface area contributed by atoms with Crippen LogP contribution in [0, 0.1) is 6.92 Å². The third kappa shape index (κ3) is 3.24. The molecule has 0 bridgehead atoms. The van der Waals surface area contributed by atoms with Gasteiger partial charge in [-0.25, -0.2) is 4.98 Å². The monoisotopic (exact) mass is 272 g/mol. The van der Waals surface area contributed by atoms with E-state index in [1.165, 1.54) is 5.56 Å². The van der Waals surface area contributed by atoms with Gasteiger partial charge in [0, 0.05) is 26.2 Å². The van der Waals surface area contributed by atoms with Crippen molar-refractivity contribution in [1.82, 2.24) is 9.97 Å². The van der Waals surface area contributed by atoms with Gasteiger partial charge in [-0.05, 0) is 18.1 Å². The maximum Gasteiger partial charge on any atom is 0.218 e. The number of hydrogen-bond acceptors (Lipinski definition) is 5. The number of aromatic nitrogens is 2. The average molecular weight is 272 g/mol. The van der Waals surface area contributed by atoms with Gasteiger partial charge < -0.3 is 15.4 Å².